The Balaban J connectivity index is 2.26. The molecule has 0 spiro atoms. The van der Waals surface area contributed by atoms with Crippen molar-refractivity contribution in [3.63, 3.8) is 0 Å². The van der Waals surface area contributed by atoms with Gasteiger partial charge in [0.05, 0.1) is 5.69 Å². The lowest BCUT2D eigenvalue weighted by molar-refractivity contribution is 1.33. The fraction of sp³-hybridized carbons (Fsp3) is 0.188. The van der Waals surface area contributed by atoms with E-state index in [1.54, 1.807) is 0 Å². The Hall–Kier alpha value is -1.89. The first-order chi connectivity index (χ1) is 8.16. The molecule has 1 nitrogen and oxygen atoms in total. The van der Waals surface area contributed by atoms with Crippen LogP contribution < -0.4 is 0 Å². The average Bonchev–Trinajstić information content (AvgIpc) is 2.33. The van der Waals surface area contributed by atoms with Crippen LogP contribution in [-0.4, -0.2) is 6.21 Å². The third-order valence-corrected chi connectivity index (χ3v) is 3.03. The number of nitrogens with zero attached hydrogens (tertiary/aromatic N) is 1. The van der Waals surface area contributed by atoms with Crippen LogP contribution in [0.3, 0.4) is 0 Å². The van der Waals surface area contributed by atoms with Crippen molar-refractivity contribution in [3.8, 4) is 0 Å². The molecule has 1 heteroatoms. The molecule has 2 aromatic carbocycles. The lowest BCUT2D eigenvalue weighted by Gasteiger charge is -2.03. The fourth-order valence-electron chi connectivity index (χ4n) is 1.69. The van der Waals surface area contributed by atoms with Crippen molar-refractivity contribution in [2.45, 2.75) is 20.8 Å². The fourth-order valence-corrected chi connectivity index (χ4v) is 1.69. The molecule has 0 N–H and O–H groups in total. The first-order valence-electron chi connectivity index (χ1n) is 5.84. The zero-order valence-corrected chi connectivity index (χ0v) is 10.6. The van der Waals surface area contributed by atoms with Crippen LogP contribution in [0, 0.1) is 20.8 Å². The summed E-state index contributed by atoms with van der Waals surface area (Å²) in [6, 6.07) is 14.5. The van der Waals surface area contributed by atoms with Gasteiger partial charge < -0.3 is 0 Å². The van der Waals surface area contributed by atoms with Gasteiger partial charge in [-0.05, 0) is 49.6 Å². The van der Waals surface area contributed by atoms with E-state index in [1.807, 2.05) is 18.3 Å². The van der Waals surface area contributed by atoms with E-state index in [-0.39, 0.29) is 0 Å². The Bertz CT molecular complexity index is 536. The molecule has 0 aromatic heterocycles. The molecule has 0 saturated heterocycles. The van der Waals surface area contributed by atoms with Crippen molar-refractivity contribution in [3.05, 3.63) is 64.7 Å². The molecule has 0 aliphatic heterocycles. The topological polar surface area (TPSA) is 12.4 Å². The predicted molar refractivity (Wildman–Crippen MR) is 74.3 cm³/mol. The van der Waals surface area contributed by atoms with E-state index in [0.717, 1.165) is 5.69 Å². The van der Waals surface area contributed by atoms with Gasteiger partial charge in [0.25, 0.3) is 0 Å². The zero-order valence-electron chi connectivity index (χ0n) is 10.6. The number of hydrogen-bond acceptors (Lipinski definition) is 1. The average molecular weight is 223 g/mol. The smallest absolute Gasteiger partial charge is 0.0630 e. The van der Waals surface area contributed by atoms with Crippen LogP contribution in [0.2, 0.25) is 0 Å². The van der Waals surface area contributed by atoms with Crippen molar-refractivity contribution in [1.29, 1.82) is 0 Å². The van der Waals surface area contributed by atoms with Gasteiger partial charge in [-0.1, -0.05) is 35.9 Å². The van der Waals surface area contributed by atoms with Crippen LogP contribution in [-0.2, 0) is 0 Å². The van der Waals surface area contributed by atoms with E-state index in [2.05, 4.69) is 56.1 Å². The van der Waals surface area contributed by atoms with E-state index >= 15 is 0 Å². The molecular formula is C16H17N. The van der Waals surface area contributed by atoms with Crippen molar-refractivity contribution in [2.75, 3.05) is 0 Å². The first-order valence-corrected chi connectivity index (χ1v) is 5.84. The highest BCUT2D eigenvalue weighted by molar-refractivity contribution is 5.84. The summed E-state index contributed by atoms with van der Waals surface area (Å²) in [6.45, 7) is 6.34. The molecule has 0 aliphatic carbocycles. The van der Waals surface area contributed by atoms with Gasteiger partial charge >= 0.3 is 0 Å². The monoisotopic (exact) mass is 223 g/mol. The Morgan fingerprint density at radius 3 is 2.29 bits per heavy atom. The predicted octanol–water partition coefficient (Wildman–Crippen LogP) is 4.36. The number of rotatable bonds is 2. The van der Waals surface area contributed by atoms with Crippen molar-refractivity contribution >= 4 is 11.9 Å². The van der Waals surface area contributed by atoms with E-state index < -0.39 is 0 Å². The summed E-state index contributed by atoms with van der Waals surface area (Å²) in [5, 5.41) is 0. The zero-order chi connectivity index (χ0) is 12.3. The summed E-state index contributed by atoms with van der Waals surface area (Å²) in [7, 11) is 0. The maximum Gasteiger partial charge on any atom is 0.0630 e. The van der Waals surface area contributed by atoms with Gasteiger partial charge in [-0.3, -0.25) is 4.99 Å². The minimum absolute atomic E-state index is 0.997. The van der Waals surface area contributed by atoms with Crippen LogP contribution in [0.15, 0.2) is 47.5 Å². The third kappa shape index (κ3) is 2.82. The minimum atomic E-state index is 0.997. The van der Waals surface area contributed by atoms with Gasteiger partial charge in [0.15, 0.2) is 0 Å². The number of hydrogen-bond donors (Lipinski definition) is 0. The molecule has 0 aliphatic rings. The molecule has 2 rings (SSSR count). The summed E-state index contributed by atoms with van der Waals surface area (Å²) in [6.07, 6.45) is 1.94. The lowest BCUT2D eigenvalue weighted by atomic mass is 10.0. The van der Waals surface area contributed by atoms with Crippen LogP contribution in [0.1, 0.15) is 22.3 Å². The maximum absolute atomic E-state index is 4.49. The largest absolute Gasteiger partial charge is 0.256 e. The molecule has 0 bridgehead atoms. The molecule has 0 radical (unpaired) electrons. The molecule has 0 heterocycles. The molecule has 2 aromatic rings. The standard InChI is InChI=1S/C16H17N/c1-12-7-9-16(10-8-12)17-11-15-6-4-5-13(2)14(15)3/h4-11H,1-3H3. The first kappa shape index (κ1) is 11.6. The van der Waals surface area contributed by atoms with Gasteiger partial charge in [0, 0.05) is 6.21 Å². The Labute approximate surface area is 103 Å². The highest BCUT2D eigenvalue weighted by atomic mass is 14.7. The van der Waals surface area contributed by atoms with Crippen LogP contribution >= 0.6 is 0 Å². The number of aryl methyl sites for hydroxylation is 2. The second-order valence-electron chi connectivity index (χ2n) is 4.38. The highest BCUT2D eigenvalue weighted by Gasteiger charge is 1.97. The molecular weight excluding hydrogens is 206 g/mol. The molecule has 0 saturated carbocycles. The second-order valence-corrected chi connectivity index (χ2v) is 4.38. The van der Waals surface area contributed by atoms with Crippen molar-refractivity contribution < 1.29 is 0 Å². The highest BCUT2D eigenvalue weighted by Crippen LogP contribution is 2.15. The SMILES string of the molecule is Cc1ccc(N=Cc2cccc(C)c2C)cc1. The molecule has 0 unspecified atom stereocenters. The van der Waals surface area contributed by atoms with Gasteiger partial charge in [-0.15, -0.1) is 0 Å². The minimum Gasteiger partial charge on any atom is -0.256 e. The number of benzene rings is 2. The van der Waals surface area contributed by atoms with Gasteiger partial charge in [-0.25, -0.2) is 0 Å². The quantitative estimate of drug-likeness (QED) is 0.671. The van der Waals surface area contributed by atoms with E-state index in [1.165, 1.54) is 22.3 Å². The molecule has 17 heavy (non-hydrogen) atoms. The van der Waals surface area contributed by atoms with E-state index in [0.29, 0.717) is 0 Å². The second kappa shape index (κ2) is 4.96. The maximum atomic E-state index is 4.49. The summed E-state index contributed by atoms with van der Waals surface area (Å²) < 4.78 is 0. The van der Waals surface area contributed by atoms with E-state index in [4.69, 9.17) is 0 Å². The van der Waals surface area contributed by atoms with Gasteiger partial charge in [-0.2, -0.15) is 0 Å². The van der Waals surface area contributed by atoms with E-state index in [9.17, 15) is 0 Å². The van der Waals surface area contributed by atoms with Crippen molar-refractivity contribution in [2.24, 2.45) is 4.99 Å². The molecule has 86 valence electrons. The lowest BCUT2D eigenvalue weighted by Crippen LogP contribution is -1.89. The van der Waals surface area contributed by atoms with Gasteiger partial charge in [0.2, 0.25) is 0 Å². The normalized spacial score (nSPS) is 11.0. The summed E-state index contributed by atoms with van der Waals surface area (Å²) in [4.78, 5) is 4.49. The summed E-state index contributed by atoms with van der Waals surface area (Å²) in [5.41, 5.74) is 6.04. The van der Waals surface area contributed by atoms with Crippen LogP contribution in [0.25, 0.3) is 0 Å². The third-order valence-electron chi connectivity index (χ3n) is 3.03. The Morgan fingerprint density at radius 1 is 0.882 bits per heavy atom. The van der Waals surface area contributed by atoms with Crippen LogP contribution in [0.4, 0.5) is 5.69 Å². The Kier molecular flexibility index (Phi) is 3.38. The van der Waals surface area contributed by atoms with Gasteiger partial charge in [0.1, 0.15) is 0 Å². The number of aliphatic imine (C=N–C) groups is 1. The summed E-state index contributed by atoms with van der Waals surface area (Å²) >= 11 is 0. The summed E-state index contributed by atoms with van der Waals surface area (Å²) in [5.74, 6) is 0. The molecule has 0 amide bonds. The van der Waals surface area contributed by atoms with Crippen LogP contribution in [0.5, 0.6) is 0 Å². The Morgan fingerprint density at radius 2 is 1.59 bits per heavy atom. The molecule has 0 atom stereocenters. The molecule has 0 fully saturated rings. The van der Waals surface area contributed by atoms with Crippen molar-refractivity contribution in [1.82, 2.24) is 0 Å².